The zero-order chi connectivity index (χ0) is 19.8. The van der Waals surface area contributed by atoms with Crippen LogP contribution in [0.2, 0.25) is 0 Å². The molecule has 0 heterocycles. The van der Waals surface area contributed by atoms with Gasteiger partial charge in [-0.25, -0.2) is 13.2 Å². The Kier molecular flexibility index (Phi) is 4.90. The Morgan fingerprint density at radius 2 is 1.74 bits per heavy atom. The number of sulfonamides is 1. The molecule has 1 aliphatic carbocycles. The zero-order valence-electron chi connectivity index (χ0n) is 16.0. The van der Waals surface area contributed by atoms with Gasteiger partial charge in [-0.3, -0.25) is 4.31 Å². The van der Waals surface area contributed by atoms with Crippen LogP contribution in [0, 0.1) is 0 Å². The first-order valence-corrected chi connectivity index (χ1v) is 10.6. The van der Waals surface area contributed by atoms with Crippen molar-refractivity contribution in [2.75, 3.05) is 22.9 Å². The molecule has 2 N–H and O–H groups in total. The summed E-state index contributed by atoms with van der Waals surface area (Å²) < 4.78 is 24.9. The standard InChI is InChI=1S/C20H25N3O3S/c1-20(2)13-17(14-9-5-6-10-15(14)20)22-19(24)21-16-11-7-8-12-18(16)23(3)27(4,25)26/h5-12,17H,13H2,1-4H3,(H2,21,22,24). The van der Waals surface area contributed by atoms with E-state index in [-0.39, 0.29) is 17.5 Å². The number of fused-ring (bicyclic) bond motifs is 1. The topological polar surface area (TPSA) is 78.5 Å². The number of para-hydroxylation sites is 2. The first kappa shape index (κ1) is 19.2. The van der Waals surface area contributed by atoms with Gasteiger partial charge in [-0.05, 0) is 35.1 Å². The minimum absolute atomic E-state index is 0.0110. The van der Waals surface area contributed by atoms with E-state index in [9.17, 15) is 13.2 Å². The number of anilines is 2. The molecule has 0 bridgehead atoms. The quantitative estimate of drug-likeness (QED) is 0.841. The van der Waals surface area contributed by atoms with Crippen molar-refractivity contribution in [2.45, 2.75) is 31.7 Å². The molecule has 0 fully saturated rings. The van der Waals surface area contributed by atoms with Crippen LogP contribution in [0.4, 0.5) is 16.2 Å². The predicted octanol–water partition coefficient (Wildman–Crippen LogP) is 3.63. The summed E-state index contributed by atoms with van der Waals surface area (Å²) in [6.07, 6.45) is 1.94. The molecule has 1 aliphatic rings. The Hall–Kier alpha value is -2.54. The lowest BCUT2D eigenvalue weighted by molar-refractivity contribution is 0.247. The average molecular weight is 388 g/mol. The second-order valence-corrected chi connectivity index (χ2v) is 9.59. The van der Waals surface area contributed by atoms with Crippen LogP contribution in [-0.2, 0) is 15.4 Å². The van der Waals surface area contributed by atoms with E-state index in [2.05, 4.69) is 30.5 Å². The van der Waals surface area contributed by atoms with E-state index < -0.39 is 10.0 Å². The second-order valence-electron chi connectivity index (χ2n) is 7.57. The Morgan fingerprint density at radius 3 is 2.44 bits per heavy atom. The smallest absolute Gasteiger partial charge is 0.319 e. The lowest BCUT2D eigenvalue weighted by Crippen LogP contribution is -2.33. The number of carbonyl (C=O) groups excluding carboxylic acids is 1. The number of rotatable bonds is 4. The molecule has 144 valence electrons. The fourth-order valence-corrected chi connectivity index (χ4v) is 4.14. The van der Waals surface area contributed by atoms with Crippen LogP contribution in [0.25, 0.3) is 0 Å². The third-order valence-corrected chi connectivity index (χ3v) is 6.27. The van der Waals surface area contributed by atoms with Gasteiger partial charge >= 0.3 is 6.03 Å². The molecule has 2 aromatic carbocycles. The Morgan fingerprint density at radius 1 is 1.11 bits per heavy atom. The highest BCUT2D eigenvalue weighted by Gasteiger charge is 2.37. The average Bonchev–Trinajstić information content (AvgIpc) is 2.85. The summed E-state index contributed by atoms with van der Waals surface area (Å²) in [6.45, 7) is 4.34. The van der Waals surface area contributed by atoms with Crippen LogP contribution in [0.5, 0.6) is 0 Å². The maximum atomic E-state index is 12.6. The molecule has 0 aliphatic heterocycles. The summed E-state index contributed by atoms with van der Waals surface area (Å²) in [5.41, 5.74) is 3.21. The summed E-state index contributed by atoms with van der Waals surface area (Å²) >= 11 is 0. The number of hydrogen-bond donors (Lipinski definition) is 2. The maximum absolute atomic E-state index is 12.6. The van der Waals surface area contributed by atoms with Crippen molar-refractivity contribution in [1.82, 2.24) is 5.32 Å². The molecule has 0 aromatic heterocycles. The van der Waals surface area contributed by atoms with Crippen molar-refractivity contribution in [3.63, 3.8) is 0 Å². The van der Waals surface area contributed by atoms with E-state index in [0.717, 1.165) is 22.5 Å². The van der Waals surface area contributed by atoms with Crippen molar-refractivity contribution in [3.05, 3.63) is 59.7 Å². The van der Waals surface area contributed by atoms with Crippen LogP contribution in [-0.4, -0.2) is 27.8 Å². The van der Waals surface area contributed by atoms with Crippen LogP contribution in [0.3, 0.4) is 0 Å². The third kappa shape index (κ3) is 3.93. The summed E-state index contributed by atoms with van der Waals surface area (Å²) in [7, 11) is -1.97. The molecule has 0 spiro atoms. The number of amides is 2. The van der Waals surface area contributed by atoms with E-state index in [0.29, 0.717) is 11.4 Å². The lowest BCUT2D eigenvalue weighted by atomic mass is 9.86. The fourth-order valence-electron chi connectivity index (χ4n) is 3.63. The molecule has 6 nitrogen and oxygen atoms in total. The maximum Gasteiger partial charge on any atom is 0.319 e. The largest absolute Gasteiger partial charge is 0.331 e. The number of urea groups is 1. The Bertz CT molecular complexity index is 970. The van der Waals surface area contributed by atoms with Gasteiger partial charge in [0.1, 0.15) is 0 Å². The monoisotopic (exact) mass is 387 g/mol. The molecule has 2 aromatic rings. The lowest BCUT2D eigenvalue weighted by Gasteiger charge is -2.22. The van der Waals surface area contributed by atoms with Crippen LogP contribution in [0.15, 0.2) is 48.5 Å². The molecule has 0 radical (unpaired) electrons. The third-order valence-electron chi connectivity index (χ3n) is 5.07. The van der Waals surface area contributed by atoms with Crippen LogP contribution < -0.4 is 14.9 Å². The highest BCUT2D eigenvalue weighted by Crippen LogP contribution is 2.44. The molecule has 3 rings (SSSR count). The van der Waals surface area contributed by atoms with E-state index in [1.807, 2.05) is 18.2 Å². The molecule has 0 saturated heterocycles. The molecule has 7 heteroatoms. The number of hydrogen-bond acceptors (Lipinski definition) is 3. The summed E-state index contributed by atoms with van der Waals surface area (Å²) in [4.78, 5) is 12.6. The van der Waals surface area contributed by atoms with Crippen molar-refractivity contribution >= 4 is 27.4 Å². The van der Waals surface area contributed by atoms with Gasteiger partial charge in [0.05, 0.1) is 23.7 Å². The van der Waals surface area contributed by atoms with Gasteiger partial charge in [-0.2, -0.15) is 0 Å². The Balaban J connectivity index is 1.79. The van der Waals surface area contributed by atoms with Crippen molar-refractivity contribution in [2.24, 2.45) is 0 Å². The van der Waals surface area contributed by atoms with Gasteiger partial charge in [-0.1, -0.05) is 50.2 Å². The van der Waals surface area contributed by atoms with Crippen molar-refractivity contribution in [1.29, 1.82) is 0 Å². The molecular weight excluding hydrogens is 362 g/mol. The number of nitrogens with one attached hydrogen (secondary N) is 2. The van der Waals surface area contributed by atoms with Crippen LogP contribution in [0.1, 0.15) is 37.4 Å². The molecule has 1 unspecified atom stereocenters. The highest BCUT2D eigenvalue weighted by molar-refractivity contribution is 7.92. The molecule has 0 saturated carbocycles. The van der Waals surface area contributed by atoms with Gasteiger partial charge in [0.2, 0.25) is 10.0 Å². The highest BCUT2D eigenvalue weighted by atomic mass is 32.2. The van der Waals surface area contributed by atoms with Crippen LogP contribution >= 0.6 is 0 Å². The second kappa shape index (κ2) is 6.88. The SMILES string of the molecule is CN(c1ccccc1NC(=O)NC1CC(C)(C)c2ccccc21)S(C)(=O)=O. The van der Waals surface area contributed by atoms with Gasteiger partial charge < -0.3 is 10.6 Å². The van der Waals surface area contributed by atoms with E-state index in [1.165, 1.54) is 12.6 Å². The first-order chi connectivity index (χ1) is 12.6. The molecule has 2 amide bonds. The molecule has 1 atom stereocenters. The predicted molar refractivity (Wildman–Crippen MR) is 109 cm³/mol. The van der Waals surface area contributed by atoms with E-state index in [1.54, 1.807) is 24.3 Å². The minimum atomic E-state index is -3.43. The van der Waals surface area contributed by atoms with Gasteiger partial charge in [0.15, 0.2) is 0 Å². The van der Waals surface area contributed by atoms with E-state index in [4.69, 9.17) is 0 Å². The fraction of sp³-hybridized carbons (Fsp3) is 0.350. The van der Waals surface area contributed by atoms with Gasteiger partial charge in [-0.15, -0.1) is 0 Å². The van der Waals surface area contributed by atoms with Gasteiger partial charge in [0, 0.05) is 7.05 Å². The van der Waals surface area contributed by atoms with Gasteiger partial charge in [0.25, 0.3) is 0 Å². The summed E-state index contributed by atoms with van der Waals surface area (Å²) in [5.74, 6) is 0. The molecule has 27 heavy (non-hydrogen) atoms. The van der Waals surface area contributed by atoms with Crippen molar-refractivity contribution in [3.8, 4) is 0 Å². The first-order valence-electron chi connectivity index (χ1n) is 8.79. The van der Waals surface area contributed by atoms with Crippen molar-refractivity contribution < 1.29 is 13.2 Å². The number of benzene rings is 2. The zero-order valence-corrected chi connectivity index (χ0v) is 16.8. The molecular formula is C20H25N3O3S. The summed E-state index contributed by atoms with van der Waals surface area (Å²) in [5, 5.41) is 5.82. The number of carbonyl (C=O) groups is 1. The Labute approximate surface area is 160 Å². The number of nitrogens with zero attached hydrogens (tertiary/aromatic N) is 1. The van der Waals surface area contributed by atoms with E-state index >= 15 is 0 Å². The summed E-state index contributed by atoms with van der Waals surface area (Å²) in [6, 6.07) is 14.5. The minimum Gasteiger partial charge on any atom is -0.331 e. The normalized spacial score (nSPS) is 17.9.